The zero-order valence-corrected chi connectivity index (χ0v) is 17.7. The second-order valence-corrected chi connectivity index (χ2v) is 8.29. The molecule has 7 nitrogen and oxygen atoms in total. The third-order valence-corrected chi connectivity index (χ3v) is 5.95. The molecule has 1 N–H and O–H groups in total. The van der Waals surface area contributed by atoms with E-state index in [1.54, 1.807) is 41.8 Å². The van der Waals surface area contributed by atoms with Crippen molar-refractivity contribution in [2.24, 2.45) is 0 Å². The van der Waals surface area contributed by atoms with Crippen molar-refractivity contribution in [3.63, 3.8) is 0 Å². The Kier molecular flexibility index (Phi) is 6.44. The normalized spacial score (nSPS) is 15.1. The summed E-state index contributed by atoms with van der Waals surface area (Å²) >= 11 is 7.15. The Bertz CT molecular complexity index is 970. The van der Waals surface area contributed by atoms with Crippen molar-refractivity contribution < 1.29 is 14.0 Å². The molecule has 0 spiro atoms. The zero-order valence-electron chi connectivity index (χ0n) is 16.2. The van der Waals surface area contributed by atoms with E-state index in [1.165, 1.54) is 11.2 Å². The first kappa shape index (κ1) is 20.6. The lowest BCUT2D eigenvalue weighted by atomic mass is 10.0. The predicted octanol–water partition coefficient (Wildman–Crippen LogP) is 4.23. The van der Waals surface area contributed by atoms with Crippen LogP contribution < -0.4 is 5.32 Å². The number of nitrogens with one attached hydrogen (secondary N) is 1. The molecule has 1 aliphatic carbocycles. The van der Waals surface area contributed by atoms with Crippen LogP contribution in [0.4, 0.5) is 0 Å². The monoisotopic (exact) mass is 444 g/mol. The highest BCUT2D eigenvalue weighted by molar-refractivity contribution is 7.03. The number of hydrogen-bond acceptors (Lipinski definition) is 6. The van der Waals surface area contributed by atoms with Crippen molar-refractivity contribution in [3.8, 4) is 0 Å². The molecule has 156 valence electrons. The van der Waals surface area contributed by atoms with Gasteiger partial charge in [0.15, 0.2) is 5.69 Å². The van der Waals surface area contributed by atoms with Crippen LogP contribution in [0.15, 0.2) is 52.5 Å². The van der Waals surface area contributed by atoms with Crippen LogP contribution in [0.3, 0.4) is 0 Å². The predicted molar refractivity (Wildman–Crippen MR) is 113 cm³/mol. The van der Waals surface area contributed by atoms with Crippen molar-refractivity contribution in [1.82, 2.24) is 19.8 Å². The van der Waals surface area contributed by atoms with E-state index in [4.69, 9.17) is 16.0 Å². The quantitative estimate of drug-likeness (QED) is 0.589. The topological polar surface area (TPSA) is 88.3 Å². The largest absolute Gasteiger partial charge is 0.467 e. The van der Waals surface area contributed by atoms with Gasteiger partial charge in [-0.3, -0.25) is 9.59 Å². The van der Waals surface area contributed by atoms with Gasteiger partial charge in [-0.1, -0.05) is 41.1 Å². The van der Waals surface area contributed by atoms with E-state index < -0.39 is 6.04 Å². The van der Waals surface area contributed by atoms with E-state index in [2.05, 4.69) is 14.9 Å². The molecule has 2 heterocycles. The average Bonchev–Trinajstić information content (AvgIpc) is 3.52. The van der Waals surface area contributed by atoms with Gasteiger partial charge in [-0.25, -0.2) is 0 Å². The lowest BCUT2D eigenvalue weighted by Gasteiger charge is -2.31. The fourth-order valence-electron chi connectivity index (χ4n) is 3.72. The highest BCUT2D eigenvalue weighted by atomic mass is 35.5. The Labute approximate surface area is 183 Å². The fraction of sp³-hybridized carbons (Fsp3) is 0.333. The maximum absolute atomic E-state index is 13.4. The van der Waals surface area contributed by atoms with Crippen LogP contribution in [-0.2, 0) is 11.3 Å². The van der Waals surface area contributed by atoms with Gasteiger partial charge in [0.05, 0.1) is 12.8 Å². The minimum Gasteiger partial charge on any atom is -0.467 e. The van der Waals surface area contributed by atoms with Gasteiger partial charge >= 0.3 is 0 Å². The van der Waals surface area contributed by atoms with E-state index in [0.717, 1.165) is 37.2 Å². The summed E-state index contributed by atoms with van der Waals surface area (Å²) in [6, 6.07) is 9.74. The minimum absolute atomic E-state index is 0.119. The van der Waals surface area contributed by atoms with E-state index in [-0.39, 0.29) is 30.1 Å². The van der Waals surface area contributed by atoms with Gasteiger partial charge in [-0.05, 0) is 54.2 Å². The summed E-state index contributed by atoms with van der Waals surface area (Å²) in [7, 11) is 0. The van der Waals surface area contributed by atoms with Crippen molar-refractivity contribution in [2.45, 2.75) is 44.3 Å². The molecule has 1 aliphatic rings. The molecule has 0 aliphatic heterocycles. The van der Waals surface area contributed by atoms with Crippen LogP contribution in [0.5, 0.6) is 0 Å². The number of carbonyl (C=O) groups is 2. The maximum Gasteiger partial charge on any atom is 0.276 e. The molecule has 1 atom stereocenters. The first-order chi connectivity index (χ1) is 14.6. The van der Waals surface area contributed by atoms with Crippen LogP contribution in [0.2, 0.25) is 5.02 Å². The molecule has 30 heavy (non-hydrogen) atoms. The Balaban J connectivity index is 1.71. The second kappa shape index (κ2) is 9.40. The van der Waals surface area contributed by atoms with Gasteiger partial charge in [-0.2, -0.15) is 0 Å². The van der Waals surface area contributed by atoms with Crippen molar-refractivity contribution in [1.29, 1.82) is 0 Å². The molecule has 4 rings (SSSR count). The third kappa shape index (κ3) is 4.71. The van der Waals surface area contributed by atoms with E-state index in [0.29, 0.717) is 16.3 Å². The van der Waals surface area contributed by atoms with Gasteiger partial charge in [0.25, 0.3) is 5.91 Å². The number of furan rings is 1. The summed E-state index contributed by atoms with van der Waals surface area (Å²) < 4.78 is 9.27. The van der Waals surface area contributed by atoms with Crippen LogP contribution in [0, 0.1) is 0 Å². The Morgan fingerprint density at radius 2 is 2.00 bits per heavy atom. The Morgan fingerprint density at radius 1 is 1.23 bits per heavy atom. The molecular formula is C21H21ClN4O3S. The van der Waals surface area contributed by atoms with Gasteiger partial charge in [0, 0.05) is 16.4 Å². The molecule has 1 fully saturated rings. The number of benzene rings is 1. The standard InChI is InChI=1S/C21H21ClN4O3S/c22-15-9-7-14(8-10-15)19(20(27)23-16-4-1-2-5-16)26(12-17-6-3-11-29-17)21(28)18-13-30-25-24-18/h3,6-11,13,16,19H,1-2,4-5,12H2,(H,23,27). The van der Waals surface area contributed by atoms with Crippen molar-refractivity contribution >= 4 is 34.9 Å². The highest BCUT2D eigenvalue weighted by Gasteiger charge is 2.35. The number of halogens is 1. The number of hydrogen-bond donors (Lipinski definition) is 1. The van der Waals surface area contributed by atoms with Crippen LogP contribution in [0.25, 0.3) is 0 Å². The number of nitrogens with zero attached hydrogens (tertiary/aromatic N) is 3. The first-order valence-corrected chi connectivity index (χ1v) is 11.0. The molecule has 1 saturated carbocycles. The SMILES string of the molecule is O=C(NC1CCCC1)C(c1ccc(Cl)cc1)N(Cc1ccco1)C(=O)c1csnn1. The van der Waals surface area contributed by atoms with Gasteiger partial charge in [0.2, 0.25) is 5.91 Å². The lowest BCUT2D eigenvalue weighted by molar-refractivity contribution is -0.126. The first-order valence-electron chi connectivity index (χ1n) is 9.78. The fourth-order valence-corrected chi connectivity index (χ4v) is 4.28. The molecule has 2 aromatic heterocycles. The smallest absolute Gasteiger partial charge is 0.276 e. The summed E-state index contributed by atoms with van der Waals surface area (Å²) in [4.78, 5) is 28.2. The molecule has 0 bridgehead atoms. The van der Waals surface area contributed by atoms with Crippen LogP contribution in [-0.4, -0.2) is 32.3 Å². The molecule has 1 unspecified atom stereocenters. The number of aromatic nitrogens is 2. The van der Waals surface area contributed by atoms with E-state index >= 15 is 0 Å². The van der Waals surface area contributed by atoms with Gasteiger partial charge in [0.1, 0.15) is 11.8 Å². The summed E-state index contributed by atoms with van der Waals surface area (Å²) in [6.07, 6.45) is 5.62. The summed E-state index contributed by atoms with van der Waals surface area (Å²) in [5.74, 6) is -0.0480. The maximum atomic E-state index is 13.4. The summed E-state index contributed by atoms with van der Waals surface area (Å²) in [5.41, 5.74) is 0.858. The third-order valence-electron chi connectivity index (χ3n) is 5.19. The van der Waals surface area contributed by atoms with Gasteiger partial charge in [-0.15, -0.1) is 5.10 Å². The molecule has 2 amide bonds. The zero-order chi connectivity index (χ0) is 20.9. The van der Waals surface area contributed by atoms with Crippen molar-refractivity contribution in [2.75, 3.05) is 0 Å². The average molecular weight is 445 g/mol. The minimum atomic E-state index is -0.859. The Morgan fingerprint density at radius 3 is 2.63 bits per heavy atom. The molecule has 0 saturated heterocycles. The molecule has 3 aromatic rings. The molecular weight excluding hydrogens is 424 g/mol. The second-order valence-electron chi connectivity index (χ2n) is 7.25. The lowest BCUT2D eigenvalue weighted by Crippen LogP contribution is -2.46. The van der Waals surface area contributed by atoms with E-state index in [9.17, 15) is 9.59 Å². The molecule has 0 radical (unpaired) electrons. The molecule has 1 aromatic carbocycles. The Hall–Kier alpha value is -2.71. The summed E-state index contributed by atoms with van der Waals surface area (Å²) in [5, 5.41) is 9.17. The summed E-state index contributed by atoms with van der Waals surface area (Å²) in [6.45, 7) is 0.120. The van der Waals surface area contributed by atoms with E-state index in [1.807, 2.05) is 0 Å². The van der Waals surface area contributed by atoms with Gasteiger partial charge < -0.3 is 14.6 Å². The number of carbonyl (C=O) groups excluding carboxylic acids is 2. The highest BCUT2D eigenvalue weighted by Crippen LogP contribution is 2.28. The van der Waals surface area contributed by atoms with Crippen LogP contribution >= 0.6 is 23.1 Å². The number of rotatable bonds is 7. The number of amides is 2. The van der Waals surface area contributed by atoms with Crippen molar-refractivity contribution in [3.05, 3.63) is 70.1 Å². The van der Waals surface area contributed by atoms with Crippen LogP contribution in [0.1, 0.15) is 53.5 Å². The molecule has 9 heteroatoms.